The summed E-state index contributed by atoms with van der Waals surface area (Å²) < 4.78 is 30.3. The smallest absolute Gasteiger partial charge is 0.387 e. The minimum Gasteiger partial charge on any atom is -0.435 e. The zero-order chi connectivity index (χ0) is 25.7. The second-order valence-corrected chi connectivity index (χ2v) is 8.65. The fourth-order valence-corrected chi connectivity index (χ4v) is 3.62. The number of halogens is 3. The molecule has 1 N–H and O–H groups in total. The minimum absolute atomic E-state index is 0.0955. The highest BCUT2D eigenvalue weighted by Gasteiger charge is 2.27. The van der Waals surface area contributed by atoms with Gasteiger partial charge in [-0.25, -0.2) is 4.09 Å². The SMILES string of the molecule is C/C=C\C=C(/C)Cl.CC.CC(O)CC(=O)N1Cc2cn(Sc3ccc(OC(F)F)cc3)nc2C1. The molecule has 0 spiro atoms. The number of fused-ring (bicyclic) bond motifs is 1. The van der Waals surface area contributed by atoms with Crippen LogP contribution >= 0.6 is 23.5 Å². The molecule has 2 heterocycles. The number of allylic oxidation sites excluding steroid dienone is 4. The lowest BCUT2D eigenvalue weighted by Gasteiger charge is -2.16. The van der Waals surface area contributed by atoms with E-state index >= 15 is 0 Å². The van der Waals surface area contributed by atoms with Crippen molar-refractivity contribution >= 4 is 29.5 Å². The summed E-state index contributed by atoms with van der Waals surface area (Å²) in [5, 5.41) is 14.6. The van der Waals surface area contributed by atoms with Crippen molar-refractivity contribution in [2.45, 2.75) is 71.7 Å². The van der Waals surface area contributed by atoms with E-state index in [1.165, 1.54) is 24.1 Å². The molecule has 34 heavy (non-hydrogen) atoms. The van der Waals surface area contributed by atoms with E-state index in [-0.39, 0.29) is 18.1 Å². The zero-order valence-electron chi connectivity index (χ0n) is 20.0. The predicted molar refractivity (Wildman–Crippen MR) is 133 cm³/mol. The van der Waals surface area contributed by atoms with Gasteiger partial charge >= 0.3 is 6.61 Å². The van der Waals surface area contributed by atoms with Crippen molar-refractivity contribution in [3.8, 4) is 5.75 Å². The number of alkyl halides is 2. The van der Waals surface area contributed by atoms with Crippen LogP contribution in [0, 0.1) is 0 Å². The third kappa shape index (κ3) is 10.7. The molecule has 0 fully saturated rings. The number of nitrogens with zero attached hydrogens (tertiary/aromatic N) is 3. The first-order valence-corrected chi connectivity index (χ1v) is 12.0. The third-order valence-corrected chi connectivity index (χ3v) is 5.13. The Balaban J connectivity index is 0.000000553. The third-order valence-electron chi connectivity index (χ3n) is 4.15. The molecule has 0 saturated carbocycles. The molecule has 6 nitrogen and oxygen atoms in total. The molecule has 1 aromatic heterocycles. The highest BCUT2D eigenvalue weighted by Crippen LogP contribution is 2.28. The Bertz CT molecular complexity index is 920. The number of carbonyl (C=O) groups excluding carboxylic acids is 1. The van der Waals surface area contributed by atoms with Crippen LogP contribution in [0.5, 0.6) is 5.75 Å². The average molecular weight is 516 g/mol. The molecule has 10 heteroatoms. The summed E-state index contributed by atoms with van der Waals surface area (Å²) >= 11 is 6.81. The summed E-state index contributed by atoms with van der Waals surface area (Å²) in [6, 6.07) is 6.30. The minimum atomic E-state index is -2.84. The van der Waals surface area contributed by atoms with Crippen LogP contribution in [0.1, 0.15) is 52.3 Å². The van der Waals surface area contributed by atoms with E-state index in [1.54, 1.807) is 28.0 Å². The van der Waals surface area contributed by atoms with Crippen molar-refractivity contribution in [3.63, 3.8) is 0 Å². The van der Waals surface area contributed by atoms with Crippen molar-refractivity contribution in [2.75, 3.05) is 0 Å². The Morgan fingerprint density at radius 1 is 1.29 bits per heavy atom. The van der Waals surface area contributed by atoms with Gasteiger partial charge in [0.25, 0.3) is 0 Å². The monoisotopic (exact) mass is 515 g/mol. The molecule has 0 aliphatic carbocycles. The van der Waals surface area contributed by atoms with Crippen LogP contribution in [0.2, 0.25) is 0 Å². The van der Waals surface area contributed by atoms with Crippen LogP contribution in [0.25, 0.3) is 0 Å². The van der Waals surface area contributed by atoms with E-state index in [1.807, 2.05) is 52.1 Å². The lowest BCUT2D eigenvalue weighted by molar-refractivity contribution is -0.133. The van der Waals surface area contributed by atoms with Gasteiger partial charge in [0, 0.05) is 40.2 Å². The molecule has 0 saturated heterocycles. The molecule has 3 rings (SSSR count). The summed E-state index contributed by atoms with van der Waals surface area (Å²) in [5.74, 6) is 0.0106. The number of hydrogen-bond acceptors (Lipinski definition) is 5. The van der Waals surface area contributed by atoms with Gasteiger partial charge in [-0.3, -0.25) is 4.79 Å². The lowest BCUT2D eigenvalue weighted by Crippen LogP contribution is -2.28. The Hall–Kier alpha value is -2.36. The Morgan fingerprint density at radius 3 is 2.41 bits per heavy atom. The van der Waals surface area contributed by atoms with Crippen LogP contribution in [-0.2, 0) is 17.9 Å². The van der Waals surface area contributed by atoms with Crippen LogP contribution in [-0.4, -0.2) is 37.8 Å². The van der Waals surface area contributed by atoms with Crippen LogP contribution in [0.3, 0.4) is 0 Å². The van der Waals surface area contributed by atoms with E-state index in [2.05, 4.69) is 9.84 Å². The summed E-state index contributed by atoms with van der Waals surface area (Å²) in [6.45, 7) is 7.45. The Labute approximate surface area is 209 Å². The fourth-order valence-electron chi connectivity index (χ4n) is 2.75. The van der Waals surface area contributed by atoms with E-state index < -0.39 is 12.7 Å². The van der Waals surface area contributed by atoms with Crippen LogP contribution in [0.15, 0.2) is 58.6 Å². The lowest BCUT2D eigenvalue weighted by atomic mass is 10.2. The number of carbonyl (C=O) groups is 1. The fraction of sp³-hybridized carbons (Fsp3) is 0.417. The number of hydrogen-bond donors (Lipinski definition) is 1. The molecule has 1 aromatic carbocycles. The number of amides is 1. The van der Waals surface area contributed by atoms with E-state index in [4.69, 9.17) is 11.6 Å². The molecule has 1 aliphatic rings. The van der Waals surface area contributed by atoms with Crippen LogP contribution in [0.4, 0.5) is 8.78 Å². The number of aliphatic hydroxyl groups is 1. The molecule has 188 valence electrons. The summed E-state index contributed by atoms with van der Waals surface area (Å²) in [5.41, 5.74) is 1.79. The van der Waals surface area contributed by atoms with Gasteiger partial charge in [-0.05, 0) is 51.1 Å². The van der Waals surface area contributed by atoms with E-state index in [0.717, 1.165) is 21.2 Å². The number of ether oxygens (including phenoxy) is 1. The summed E-state index contributed by atoms with van der Waals surface area (Å²) in [6.07, 6.45) is 6.98. The molecule has 0 bridgehead atoms. The highest BCUT2D eigenvalue weighted by molar-refractivity contribution is 7.97. The maximum atomic E-state index is 12.1. The van der Waals surface area contributed by atoms with Gasteiger partial charge in [0.2, 0.25) is 5.91 Å². The molecular formula is C24H32ClF2N3O3S. The van der Waals surface area contributed by atoms with E-state index in [0.29, 0.717) is 13.1 Å². The van der Waals surface area contributed by atoms with Gasteiger partial charge in [-0.2, -0.15) is 13.9 Å². The normalized spacial score (nSPS) is 13.7. The highest BCUT2D eigenvalue weighted by atomic mass is 35.5. The first-order chi connectivity index (χ1) is 16.2. The summed E-state index contributed by atoms with van der Waals surface area (Å²) in [4.78, 5) is 14.5. The molecule has 0 radical (unpaired) electrons. The average Bonchev–Trinajstić information content (AvgIpc) is 3.33. The van der Waals surface area contributed by atoms with Crippen LogP contribution < -0.4 is 4.74 Å². The topological polar surface area (TPSA) is 67.6 Å². The van der Waals surface area contributed by atoms with Gasteiger partial charge in [0.1, 0.15) is 5.75 Å². The Kier molecular flexibility index (Phi) is 13.5. The largest absolute Gasteiger partial charge is 0.435 e. The molecule has 1 aliphatic heterocycles. The van der Waals surface area contributed by atoms with Gasteiger partial charge < -0.3 is 14.7 Å². The molecule has 2 aromatic rings. The number of rotatable bonds is 7. The number of benzene rings is 1. The van der Waals surface area contributed by atoms with Gasteiger partial charge in [-0.15, -0.1) is 0 Å². The Morgan fingerprint density at radius 2 is 1.94 bits per heavy atom. The van der Waals surface area contributed by atoms with Crippen molar-refractivity contribution < 1.29 is 23.4 Å². The van der Waals surface area contributed by atoms with Crippen molar-refractivity contribution in [2.24, 2.45) is 0 Å². The second-order valence-electron chi connectivity index (χ2n) is 7.03. The molecule has 1 unspecified atom stereocenters. The van der Waals surface area contributed by atoms with Crippen molar-refractivity contribution in [3.05, 3.63) is 65.0 Å². The van der Waals surface area contributed by atoms with Gasteiger partial charge in [-0.1, -0.05) is 37.6 Å². The second kappa shape index (κ2) is 15.5. The van der Waals surface area contributed by atoms with Crippen molar-refractivity contribution in [1.29, 1.82) is 0 Å². The van der Waals surface area contributed by atoms with Gasteiger partial charge in [0.15, 0.2) is 0 Å². The number of aliphatic hydroxyl groups excluding tert-OH is 1. The zero-order valence-corrected chi connectivity index (χ0v) is 21.6. The maximum absolute atomic E-state index is 12.1. The van der Waals surface area contributed by atoms with Gasteiger partial charge in [0.05, 0.1) is 24.8 Å². The maximum Gasteiger partial charge on any atom is 0.387 e. The first-order valence-electron chi connectivity index (χ1n) is 10.9. The quantitative estimate of drug-likeness (QED) is 0.433. The predicted octanol–water partition coefficient (Wildman–Crippen LogP) is 6.38. The van der Waals surface area contributed by atoms with Crippen molar-refractivity contribution in [1.82, 2.24) is 14.1 Å². The first kappa shape index (κ1) is 29.7. The number of aromatic nitrogens is 2. The molecular weight excluding hydrogens is 484 g/mol. The summed E-state index contributed by atoms with van der Waals surface area (Å²) in [7, 11) is 0. The molecule has 1 amide bonds. The van der Waals surface area contributed by atoms with E-state index in [9.17, 15) is 18.7 Å². The molecule has 1 atom stereocenters. The standard InChI is InChI=1S/C16H17F2N3O3S.C6H9Cl.C2H6/c1-10(22)6-15(23)20-7-11-8-21(19-14(11)9-20)25-13-4-2-12(3-5-13)24-16(17)18;1-3-4-5-6(2)7;1-2/h2-5,8,10,16,22H,6-7,9H2,1H3;3-5H,1-2H3;1-2H3/b;4-3-,6-5+;.